The number of carbonyl (C=O) groups is 2. The summed E-state index contributed by atoms with van der Waals surface area (Å²) in [7, 11) is 0. The highest BCUT2D eigenvalue weighted by Crippen LogP contribution is 2.38. The summed E-state index contributed by atoms with van der Waals surface area (Å²) in [5.41, 5.74) is 0.569. The van der Waals surface area contributed by atoms with E-state index in [1.54, 1.807) is 28.4 Å². The molecule has 0 saturated carbocycles. The van der Waals surface area contributed by atoms with Crippen molar-refractivity contribution in [3.05, 3.63) is 167 Å². The van der Waals surface area contributed by atoms with E-state index >= 15 is 0 Å². The van der Waals surface area contributed by atoms with Crippen molar-refractivity contribution in [1.29, 1.82) is 0 Å². The average molecular weight is 1170 g/mol. The summed E-state index contributed by atoms with van der Waals surface area (Å²) in [5.74, 6) is -1.82. The van der Waals surface area contributed by atoms with Gasteiger partial charge in [0.05, 0.1) is 34.3 Å². The molecule has 19 heteroatoms. The molecule has 4 aliphatic rings. The molecule has 2 fully saturated rings. The van der Waals surface area contributed by atoms with Crippen LogP contribution >= 0.6 is 27.3 Å². The van der Waals surface area contributed by atoms with Crippen molar-refractivity contribution in [2.45, 2.75) is 135 Å². The SMILES string of the molecule is CC(C)N1CC(C)(COC2CCCCO2)n2cc(-c3ncc(Cc4ccc(F)cc4F)s3)c(=O)c(OCc3ccccc3)c2C1=O.CC(C)N1CC(C)(COC2CCCCO2)n2cc(Br)c(=O)c(OCc3ccccc3)c2C1=O. The van der Waals surface area contributed by atoms with Gasteiger partial charge in [0, 0.05) is 74.3 Å². The molecule has 2 saturated heterocycles. The van der Waals surface area contributed by atoms with Crippen LogP contribution in [0, 0.1) is 11.6 Å². The topological polar surface area (TPSA) is 153 Å². The fraction of sp³-hybridized carbons (Fsp3) is 0.450. The van der Waals surface area contributed by atoms with E-state index in [1.807, 2.05) is 111 Å². The number of aromatic nitrogens is 3. The van der Waals surface area contributed by atoms with Crippen LogP contribution < -0.4 is 20.3 Å². The predicted octanol–water partition coefficient (Wildman–Crippen LogP) is 10.9. The first-order valence-electron chi connectivity index (χ1n) is 27.0. The Morgan fingerprint density at radius 2 is 1.20 bits per heavy atom. The molecule has 0 N–H and O–H groups in total. The number of hydrogen-bond acceptors (Lipinski definition) is 12. The van der Waals surface area contributed by atoms with Gasteiger partial charge in [-0.25, -0.2) is 13.8 Å². The first-order chi connectivity index (χ1) is 37.9. The van der Waals surface area contributed by atoms with Gasteiger partial charge in [-0.05, 0) is 119 Å². The molecule has 4 unspecified atom stereocenters. The molecular weight excluding hydrogens is 1100 g/mol. The number of amides is 2. The molecule has 7 heterocycles. The van der Waals surface area contributed by atoms with Crippen LogP contribution in [0.15, 0.2) is 112 Å². The Balaban J connectivity index is 0.000000203. The van der Waals surface area contributed by atoms with Crippen LogP contribution in [0.2, 0.25) is 0 Å². The zero-order valence-corrected chi connectivity index (χ0v) is 47.9. The smallest absolute Gasteiger partial charge is 0.274 e. The number of halogens is 3. The van der Waals surface area contributed by atoms with Crippen molar-refractivity contribution in [1.82, 2.24) is 23.9 Å². The minimum Gasteiger partial charge on any atom is -0.483 e. The number of fused-ring (bicyclic) bond motifs is 2. The van der Waals surface area contributed by atoms with Gasteiger partial charge in [0.1, 0.15) is 29.9 Å². The van der Waals surface area contributed by atoms with E-state index < -0.39 is 28.1 Å². The van der Waals surface area contributed by atoms with Crippen LogP contribution in [0.5, 0.6) is 11.5 Å². The molecule has 6 aromatic rings. The number of benzene rings is 3. The van der Waals surface area contributed by atoms with Crippen LogP contribution in [-0.2, 0) is 49.7 Å². The van der Waals surface area contributed by atoms with Crippen LogP contribution in [0.25, 0.3) is 10.6 Å². The van der Waals surface area contributed by atoms with Gasteiger partial charge in [-0.3, -0.25) is 19.2 Å². The first-order valence-corrected chi connectivity index (χ1v) is 28.6. The Bertz CT molecular complexity index is 3240. The molecular formula is C60H68BrF2N5O10S. The fourth-order valence-corrected chi connectivity index (χ4v) is 11.6. The van der Waals surface area contributed by atoms with Crippen LogP contribution in [0.1, 0.15) is 123 Å². The zero-order valence-electron chi connectivity index (χ0n) is 45.5. The highest BCUT2D eigenvalue weighted by molar-refractivity contribution is 9.10. The third kappa shape index (κ3) is 13.1. The van der Waals surface area contributed by atoms with Crippen LogP contribution in [0.3, 0.4) is 0 Å². The van der Waals surface area contributed by atoms with Crippen molar-refractivity contribution >= 4 is 39.1 Å². The minimum absolute atomic E-state index is 0.0442. The molecule has 79 heavy (non-hydrogen) atoms. The maximum absolute atomic E-state index is 14.4. The molecule has 3 aromatic carbocycles. The summed E-state index contributed by atoms with van der Waals surface area (Å²) in [6, 6.07) is 22.3. The van der Waals surface area contributed by atoms with Crippen molar-refractivity contribution < 1.29 is 46.8 Å². The highest BCUT2D eigenvalue weighted by Gasteiger charge is 2.46. The second-order valence-electron chi connectivity index (χ2n) is 21.6. The normalized spacial score (nSPS) is 21.2. The summed E-state index contributed by atoms with van der Waals surface area (Å²) in [5, 5.41) is 0.403. The lowest BCUT2D eigenvalue weighted by atomic mass is 9.95. The Morgan fingerprint density at radius 3 is 1.68 bits per heavy atom. The Morgan fingerprint density at radius 1 is 0.696 bits per heavy atom. The van der Waals surface area contributed by atoms with E-state index in [-0.39, 0.29) is 96.6 Å². The molecule has 10 rings (SSSR count). The van der Waals surface area contributed by atoms with Gasteiger partial charge in [-0.1, -0.05) is 66.7 Å². The summed E-state index contributed by atoms with van der Waals surface area (Å²) in [6.07, 6.45) is 10.3. The molecule has 4 aliphatic heterocycles. The monoisotopic (exact) mass is 1170 g/mol. The van der Waals surface area contributed by atoms with E-state index in [2.05, 4.69) is 20.9 Å². The summed E-state index contributed by atoms with van der Waals surface area (Å²) in [6.45, 7) is 14.8. The molecule has 420 valence electrons. The van der Waals surface area contributed by atoms with E-state index in [1.165, 1.54) is 23.5 Å². The predicted molar refractivity (Wildman–Crippen MR) is 300 cm³/mol. The number of ether oxygens (including phenoxy) is 6. The van der Waals surface area contributed by atoms with Crippen molar-refractivity contribution in [2.75, 3.05) is 39.5 Å². The molecule has 0 spiro atoms. The molecule has 0 bridgehead atoms. The Kier molecular flexibility index (Phi) is 18.3. The van der Waals surface area contributed by atoms with E-state index in [4.69, 9.17) is 28.4 Å². The number of thiazole rings is 1. The zero-order chi connectivity index (χ0) is 56.0. The maximum Gasteiger partial charge on any atom is 0.274 e. The standard InChI is InChI=1S/C35H37F2N3O5S.C25H31BrN2O5/c1-22(2)39-20-35(3,21-45-29-11-7-8-14-43-29)40-18-27(33-38-17-26(46-33)15-24-12-13-25(36)16-28(24)37)31(41)32(30(40)34(39)42)44-19-23-9-5-4-6-10-23;1-17(2)27-15-25(3,16-33-20-11-7-8-12-31-20)28-13-19(26)22(29)23(21(28)24(27)30)32-14-18-9-5-4-6-10-18/h4-6,9-10,12-13,16-18,22,29H,7-8,11,14-15,19-21H2,1-3H3;4-6,9-10,13,17,20H,7-8,11-12,14-16H2,1-3H3. The van der Waals surface area contributed by atoms with Gasteiger partial charge in [-0.15, -0.1) is 11.3 Å². The molecule has 0 radical (unpaired) electrons. The molecule has 2 amide bonds. The number of pyridine rings is 2. The lowest BCUT2D eigenvalue weighted by molar-refractivity contribution is -0.178. The van der Waals surface area contributed by atoms with Crippen molar-refractivity contribution in [3.8, 4) is 22.1 Å². The van der Waals surface area contributed by atoms with Gasteiger partial charge in [-0.2, -0.15) is 0 Å². The van der Waals surface area contributed by atoms with Gasteiger partial charge < -0.3 is 47.4 Å². The quantitative estimate of drug-likeness (QED) is 0.0858. The summed E-state index contributed by atoms with van der Waals surface area (Å²) in [4.78, 5) is 63.8. The third-order valence-electron chi connectivity index (χ3n) is 14.7. The van der Waals surface area contributed by atoms with Gasteiger partial charge >= 0.3 is 0 Å². The largest absolute Gasteiger partial charge is 0.483 e. The maximum atomic E-state index is 14.4. The van der Waals surface area contributed by atoms with Gasteiger partial charge in [0.2, 0.25) is 10.9 Å². The van der Waals surface area contributed by atoms with Crippen LogP contribution in [0.4, 0.5) is 8.78 Å². The van der Waals surface area contributed by atoms with Crippen molar-refractivity contribution in [3.63, 3.8) is 0 Å². The van der Waals surface area contributed by atoms with E-state index in [0.717, 1.165) is 55.7 Å². The highest BCUT2D eigenvalue weighted by atomic mass is 79.9. The lowest BCUT2D eigenvalue weighted by Gasteiger charge is -2.45. The number of nitrogens with zero attached hydrogens (tertiary/aromatic N) is 5. The first kappa shape index (κ1) is 57.6. The fourth-order valence-electron chi connectivity index (χ4n) is 10.2. The number of rotatable bonds is 17. The second kappa shape index (κ2) is 25.1. The molecule has 4 atom stereocenters. The van der Waals surface area contributed by atoms with E-state index in [9.17, 15) is 28.0 Å². The average Bonchev–Trinajstić information content (AvgIpc) is 3.93. The Hall–Kier alpha value is -6.09. The lowest BCUT2D eigenvalue weighted by Crippen LogP contribution is -2.57. The summed E-state index contributed by atoms with van der Waals surface area (Å²) >= 11 is 4.63. The molecule has 15 nitrogen and oxygen atoms in total. The summed E-state index contributed by atoms with van der Waals surface area (Å²) < 4.78 is 68.3. The number of carbonyl (C=O) groups excluding carboxylic acids is 2. The van der Waals surface area contributed by atoms with E-state index in [0.29, 0.717) is 52.8 Å². The molecule has 3 aromatic heterocycles. The number of hydrogen-bond donors (Lipinski definition) is 0. The minimum atomic E-state index is -0.779. The third-order valence-corrected chi connectivity index (χ3v) is 16.3. The second-order valence-corrected chi connectivity index (χ2v) is 23.6. The van der Waals surface area contributed by atoms with Gasteiger partial charge in [0.25, 0.3) is 11.8 Å². The molecule has 0 aliphatic carbocycles. The van der Waals surface area contributed by atoms with Crippen molar-refractivity contribution in [2.24, 2.45) is 0 Å². The Labute approximate surface area is 471 Å². The van der Waals surface area contributed by atoms with Crippen LogP contribution in [-0.4, -0.2) is 99.9 Å². The van der Waals surface area contributed by atoms with Gasteiger partial charge in [0.15, 0.2) is 35.5 Å².